The van der Waals surface area contributed by atoms with Crippen LogP contribution in [0.15, 0.2) is 67.0 Å². The van der Waals surface area contributed by atoms with Crippen LogP contribution >= 0.6 is 0 Å². The highest BCUT2D eigenvalue weighted by atomic mass is 16.1. The fraction of sp³-hybridized carbons (Fsp3) is 0.217. The zero-order valence-corrected chi connectivity index (χ0v) is 16.6. The van der Waals surface area contributed by atoms with Crippen LogP contribution in [0.25, 0.3) is 16.6 Å². The van der Waals surface area contributed by atoms with Gasteiger partial charge in [-0.3, -0.25) is 4.79 Å². The van der Waals surface area contributed by atoms with E-state index in [4.69, 9.17) is 5.10 Å². The van der Waals surface area contributed by atoms with Crippen molar-refractivity contribution in [2.75, 3.05) is 18.0 Å². The third-order valence-corrected chi connectivity index (χ3v) is 5.69. The predicted molar refractivity (Wildman–Crippen MR) is 116 cm³/mol. The van der Waals surface area contributed by atoms with Gasteiger partial charge in [0, 0.05) is 53.5 Å². The molecule has 1 saturated heterocycles. The lowest BCUT2D eigenvalue weighted by Crippen LogP contribution is -2.52. The van der Waals surface area contributed by atoms with Crippen LogP contribution in [0.3, 0.4) is 0 Å². The average molecular weight is 398 g/mol. The Balaban J connectivity index is 1.64. The minimum absolute atomic E-state index is 0.00454. The fourth-order valence-electron chi connectivity index (χ4n) is 4.24. The second-order valence-corrected chi connectivity index (χ2v) is 7.50. The molecule has 1 aliphatic rings. The molecule has 7 nitrogen and oxygen atoms in total. The van der Waals surface area contributed by atoms with Crippen LogP contribution in [-0.2, 0) is 0 Å². The number of piperazine rings is 1. The summed E-state index contributed by atoms with van der Waals surface area (Å²) in [6.45, 7) is 3.89. The van der Waals surface area contributed by atoms with E-state index in [-0.39, 0.29) is 12.1 Å². The molecule has 0 aliphatic carbocycles. The lowest BCUT2D eigenvalue weighted by atomic mass is 9.96. The second-order valence-electron chi connectivity index (χ2n) is 7.50. The summed E-state index contributed by atoms with van der Waals surface area (Å²) in [6.07, 6.45) is 4.48. The summed E-state index contributed by atoms with van der Waals surface area (Å²) in [5.74, 6) is 0.720. The van der Waals surface area contributed by atoms with Crippen molar-refractivity contribution in [3.8, 4) is 5.82 Å². The van der Waals surface area contributed by atoms with Crippen LogP contribution < -0.4 is 10.2 Å². The lowest BCUT2D eigenvalue weighted by molar-refractivity contribution is 0.112. The topological polar surface area (TPSA) is 75.9 Å². The van der Waals surface area contributed by atoms with Gasteiger partial charge >= 0.3 is 0 Å². The van der Waals surface area contributed by atoms with E-state index in [9.17, 15) is 4.79 Å². The first-order chi connectivity index (χ1) is 14.8. The van der Waals surface area contributed by atoms with E-state index in [2.05, 4.69) is 39.5 Å². The number of anilines is 1. The molecule has 3 heterocycles. The van der Waals surface area contributed by atoms with Gasteiger partial charge in [0.05, 0.1) is 11.7 Å². The predicted octanol–water partition coefficient (Wildman–Crippen LogP) is 3.17. The van der Waals surface area contributed by atoms with E-state index in [1.54, 1.807) is 10.9 Å². The molecular formula is C23H22N6O. The maximum Gasteiger partial charge on any atom is 0.183 e. The molecule has 0 saturated carbocycles. The summed E-state index contributed by atoms with van der Waals surface area (Å²) in [6, 6.07) is 18.0. The number of nitrogens with one attached hydrogen (secondary N) is 1. The SMILES string of the molecule is CC1NCCN(c2ccc(C=O)cc2)C1c1nnc(-n2cccn2)c2ccccc12. The van der Waals surface area contributed by atoms with E-state index in [0.29, 0.717) is 5.56 Å². The molecule has 2 atom stereocenters. The van der Waals surface area contributed by atoms with Crippen molar-refractivity contribution in [1.82, 2.24) is 25.3 Å². The fourth-order valence-corrected chi connectivity index (χ4v) is 4.24. The Morgan fingerprint density at radius 1 is 1.03 bits per heavy atom. The van der Waals surface area contributed by atoms with E-state index in [1.807, 2.05) is 48.7 Å². The Labute approximate surface area is 174 Å². The van der Waals surface area contributed by atoms with Crippen LogP contribution in [0.4, 0.5) is 5.69 Å². The van der Waals surface area contributed by atoms with Crippen LogP contribution in [0, 0.1) is 0 Å². The van der Waals surface area contributed by atoms with Crippen molar-refractivity contribution in [3.05, 3.63) is 78.2 Å². The summed E-state index contributed by atoms with van der Waals surface area (Å²) in [7, 11) is 0. The van der Waals surface area contributed by atoms with Crippen molar-refractivity contribution in [3.63, 3.8) is 0 Å². The summed E-state index contributed by atoms with van der Waals surface area (Å²) < 4.78 is 1.75. The minimum atomic E-state index is 0.00454. The number of nitrogens with zero attached hydrogens (tertiary/aromatic N) is 5. The second kappa shape index (κ2) is 7.68. The number of carbonyl (C=O) groups excluding carboxylic acids is 1. The van der Waals surface area contributed by atoms with E-state index in [0.717, 1.165) is 47.3 Å². The van der Waals surface area contributed by atoms with Crippen LogP contribution in [0.2, 0.25) is 0 Å². The van der Waals surface area contributed by atoms with Crippen molar-refractivity contribution in [2.45, 2.75) is 19.0 Å². The van der Waals surface area contributed by atoms with Crippen molar-refractivity contribution < 1.29 is 4.79 Å². The Morgan fingerprint density at radius 2 is 1.83 bits per heavy atom. The number of carbonyl (C=O) groups is 1. The molecule has 1 fully saturated rings. The molecule has 0 amide bonds. The Morgan fingerprint density at radius 3 is 2.57 bits per heavy atom. The van der Waals surface area contributed by atoms with Gasteiger partial charge in [-0.2, -0.15) is 10.2 Å². The molecule has 5 rings (SSSR count). The molecule has 2 aromatic heterocycles. The van der Waals surface area contributed by atoms with E-state index in [1.165, 1.54) is 0 Å². The van der Waals surface area contributed by atoms with Gasteiger partial charge < -0.3 is 10.2 Å². The summed E-state index contributed by atoms with van der Waals surface area (Å²) in [4.78, 5) is 13.4. The monoisotopic (exact) mass is 398 g/mol. The number of aromatic nitrogens is 4. The highest BCUT2D eigenvalue weighted by Gasteiger charge is 2.33. The van der Waals surface area contributed by atoms with E-state index < -0.39 is 0 Å². The quantitative estimate of drug-likeness (QED) is 0.532. The maximum absolute atomic E-state index is 11.1. The molecule has 7 heteroatoms. The molecule has 30 heavy (non-hydrogen) atoms. The number of hydrogen-bond donors (Lipinski definition) is 1. The first-order valence-corrected chi connectivity index (χ1v) is 10.1. The first kappa shape index (κ1) is 18.4. The zero-order valence-electron chi connectivity index (χ0n) is 16.6. The van der Waals surface area contributed by atoms with Crippen molar-refractivity contribution in [1.29, 1.82) is 0 Å². The highest BCUT2D eigenvalue weighted by Crippen LogP contribution is 2.35. The van der Waals surface area contributed by atoms with Gasteiger partial charge in [-0.1, -0.05) is 24.3 Å². The van der Waals surface area contributed by atoms with Gasteiger partial charge in [0.2, 0.25) is 0 Å². The molecule has 0 bridgehead atoms. The third kappa shape index (κ3) is 3.13. The van der Waals surface area contributed by atoms with Crippen molar-refractivity contribution >= 4 is 22.7 Å². The van der Waals surface area contributed by atoms with Gasteiger partial charge in [0.25, 0.3) is 0 Å². The van der Waals surface area contributed by atoms with Gasteiger partial charge in [0.15, 0.2) is 5.82 Å². The minimum Gasteiger partial charge on any atom is -0.360 e. The normalized spacial score (nSPS) is 19.2. The first-order valence-electron chi connectivity index (χ1n) is 10.1. The standard InChI is InChI=1S/C23H22N6O/c1-16-22(28(14-12-24-16)18-9-7-17(15-30)8-10-18)21-19-5-2-3-6-20(19)23(27-26-21)29-13-4-11-25-29/h2-11,13,15-16,22,24H,12,14H2,1H3. The van der Waals surface area contributed by atoms with Crippen LogP contribution in [0.5, 0.6) is 0 Å². The average Bonchev–Trinajstić information content (AvgIpc) is 3.33. The van der Waals surface area contributed by atoms with Crippen LogP contribution in [-0.4, -0.2) is 45.4 Å². The molecule has 1 aliphatic heterocycles. The molecule has 2 aromatic carbocycles. The zero-order chi connectivity index (χ0) is 20.5. The van der Waals surface area contributed by atoms with Crippen LogP contribution in [0.1, 0.15) is 29.0 Å². The number of rotatable bonds is 4. The maximum atomic E-state index is 11.1. The number of fused-ring (bicyclic) bond motifs is 1. The number of benzene rings is 2. The Hall–Kier alpha value is -3.58. The van der Waals surface area contributed by atoms with Gasteiger partial charge in [0.1, 0.15) is 6.29 Å². The summed E-state index contributed by atoms with van der Waals surface area (Å²) in [5.41, 5.74) is 2.67. The third-order valence-electron chi connectivity index (χ3n) is 5.69. The van der Waals surface area contributed by atoms with Gasteiger partial charge in [-0.25, -0.2) is 4.68 Å². The van der Waals surface area contributed by atoms with Crippen molar-refractivity contribution in [2.24, 2.45) is 0 Å². The molecule has 1 N–H and O–H groups in total. The van der Waals surface area contributed by atoms with Gasteiger partial charge in [-0.15, -0.1) is 5.10 Å². The molecule has 0 spiro atoms. The lowest BCUT2D eigenvalue weighted by Gasteiger charge is -2.42. The number of hydrogen-bond acceptors (Lipinski definition) is 6. The summed E-state index contributed by atoms with van der Waals surface area (Å²) in [5, 5.41) is 19.3. The molecule has 2 unspecified atom stereocenters. The Bertz CT molecular complexity index is 1170. The van der Waals surface area contributed by atoms with E-state index >= 15 is 0 Å². The molecular weight excluding hydrogens is 376 g/mol. The molecule has 0 radical (unpaired) electrons. The largest absolute Gasteiger partial charge is 0.360 e. The molecule has 4 aromatic rings. The molecule has 150 valence electrons. The smallest absolute Gasteiger partial charge is 0.183 e. The summed E-state index contributed by atoms with van der Waals surface area (Å²) >= 11 is 0. The Kier molecular flexibility index (Phi) is 4.72. The van der Waals surface area contributed by atoms with Gasteiger partial charge in [-0.05, 0) is 37.3 Å². The highest BCUT2D eigenvalue weighted by molar-refractivity contribution is 5.90. The number of aldehydes is 1.